The van der Waals surface area contributed by atoms with Crippen LogP contribution in [0.5, 0.6) is 5.75 Å². The van der Waals surface area contributed by atoms with Gasteiger partial charge in [0.15, 0.2) is 12.4 Å². The monoisotopic (exact) mass is 403 g/mol. The van der Waals surface area contributed by atoms with Crippen molar-refractivity contribution >= 4 is 23.3 Å². The van der Waals surface area contributed by atoms with Crippen LogP contribution in [-0.4, -0.2) is 30.9 Å². The van der Waals surface area contributed by atoms with E-state index in [1.165, 1.54) is 12.1 Å². The third-order valence-corrected chi connectivity index (χ3v) is 4.20. The van der Waals surface area contributed by atoms with Gasteiger partial charge in [0.2, 0.25) is 0 Å². The number of rotatable bonds is 8. The third-order valence-electron chi connectivity index (χ3n) is 4.20. The molecule has 0 spiro atoms. The van der Waals surface area contributed by atoms with Crippen LogP contribution in [-0.2, 0) is 9.53 Å². The third kappa shape index (κ3) is 5.54. The highest BCUT2D eigenvalue weighted by atomic mass is 16.5. The van der Waals surface area contributed by atoms with Crippen LogP contribution in [0.15, 0.2) is 78.9 Å². The highest BCUT2D eigenvalue weighted by molar-refractivity contribution is 6.09. The Bertz CT molecular complexity index is 1010. The van der Waals surface area contributed by atoms with Gasteiger partial charge in [0, 0.05) is 16.8 Å². The van der Waals surface area contributed by atoms with E-state index in [1.54, 1.807) is 60.7 Å². The number of ketones is 1. The van der Waals surface area contributed by atoms with E-state index in [0.717, 1.165) is 0 Å². The van der Waals surface area contributed by atoms with Crippen molar-refractivity contribution in [2.24, 2.45) is 0 Å². The van der Waals surface area contributed by atoms with E-state index in [1.807, 2.05) is 13.0 Å². The number of ether oxygens (including phenoxy) is 2. The van der Waals surface area contributed by atoms with Crippen molar-refractivity contribution in [1.29, 1.82) is 0 Å². The first-order chi connectivity index (χ1) is 14.6. The molecule has 0 atom stereocenters. The van der Waals surface area contributed by atoms with Crippen molar-refractivity contribution in [2.45, 2.75) is 6.92 Å². The summed E-state index contributed by atoms with van der Waals surface area (Å²) in [5, 5.41) is 2.64. The van der Waals surface area contributed by atoms with Crippen molar-refractivity contribution in [3.8, 4) is 5.75 Å². The number of carbonyl (C=O) groups is 3. The van der Waals surface area contributed by atoms with Crippen molar-refractivity contribution in [1.82, 2.24) is 0 Å². The van der Waals surface area contributed by atoms with Gasteiger partial charge in [0.1, 0.15) is 5.75 Å². The topological polar surface area (TPSA) is 81.7 Å². The fourth-order valence-electron chi connectivity index (χ4n) is 2.73. The van der Waals surface area contributed by atoms with E-state index in [9.17, 15) is 14.4 Å². The summed E-state index contributed by atoms with van der Waals surface area (Å²) in [6.45, 7) is 2.03. The molecule has 0 aliphatic heterocycles. The number of esters is 1. The average molecular weight is 403 g/mol. The standard InChI is InChI=1S/C24H21NO5/c1-2-29-21-14-12-20(13-15-21)25-22(26)16-30-24(28)19-10-8-18(9-11-19)23(27)17-6-4-3-5-7-17/h3-15H,2,16H2,1H3,(H,25,26). The summed E-state index contributed by atoms with van der Waals surface area (Å²) < 4.78 is 10.4. The van der Waals surface area contributed by atoms with E-state index >= 15 is 0 Å². The van der Waals surface area contributed by atoms with Gasteiger partial charge in [0.25, 0.3) is 5.91 Å². The summed E-state index contributed by atoms with van der Waals surface area (Å²) in [5.74, 6) is -0.527. The molecule has 3 aromatic carbocycles. The Hall–Kier alpha value is -3.93. The summed E-state index contributed by atoms with van der Waals surface area (Å²) >= 11 is 0. The van der Waals surface area contributed by atoms with Crippen LogP contribution in [0.2, 0.25) is 0 Å². The van der Waals surface area contributed by atoms with Crippen LogP contribution < -0.4 is 10.1 Å². The Morgan fingerprint density at radius 1 is 0.767 bits per heavy atom. The van der Waals surface area contributed by atoms with E-state index in [-0.39, 0.29) is 11.3 Å². The zero-order valence-electron chi connectivity index (χ0n) is 16.5. The lowest BCUT2D eigenvalue weighted by Crippen LogP contribution is -2.21. The van der Waals surface area contributed by atoms with Crippen LogP contribution in [0, 0.1) is 0 Å². The van der Waals surface area contributed by atoms with Gasteiger partial charge in [-0.25, -0.2) is 4.79 Å². The quantitative estimate of drug-likeness (QED) is 0.452. The largest absolute Gasteiger partial charge is 0.494 e. The number of hydrogen-bond acceptors (Lipinski definition) is 5. The molecule has 3 aromatic rings. The zero-order valence-corrected chi connectivity index (χ0v) is 16.5. The molecule has 0 aliphatic rings. The lowest BCUT2D eigenvalue weighted by Gasteiger charge is -2.08. The predicted molar refractivity (Wildman–Crippen MR) is 113 cm³/mol. The maximum Gasteiger partial charge on any atom is 0.338 e. The molecule has 0 radical (unpaired) electrons. The molecule has 152 valence electrons. The highest BCUT2D eigenvalue weighted by Crippen LogP contribution is 2.16. The lowest BCUT2D eigenvalue weighted by molar-refractivity contribution is -0.119. The molecule has 1 amide bonds. The fourth-order valence-corrected chi connectivity index (χ4v) is 2.73. The molecular formula is C24H21NO5. The molecule has 0 fully saturated rings. The molecule has 1 N–H and O–H groups in total. The molecule has 0 saturated heterocycles. The molecule has 0 unspecified atom stereocenters. The molecule has 6 nitrogen and oxygen atoms in total. The van der Waals surface area contributed by atoms with Gasteiger partial charge in [-0.05, 0) is 43.3 Å². The Balaban J connectivity index is 1.52. The lowest BCUT2D eigenvalue weighted by atomic mass is 10.0. The van der Waals surface area contributed by atoms with Gasteiger partial charge in [-0.1, -0.05) is 42.5 Å². The number of anilines is 1. The molecule has 0 aromatic heterocycles. The van der Waals surface area contributed by atoms with Crippen LogP contribution >= 0.6 is 0 Å². The van der Waals surface area contributed by atoms with E-state index in [2.05, 4.69) is 5.32 Å². The number of carbonyl (C=O) groups excluding carboxylic acids is 3. The van der Waals surface area contributed by atoms with E-state index in [0.29, 0.717) is 29.2 Å². The molecule has 6 heteroatoms. The van der Waals surface area contributed by atoms with Crippen molar-refractivity contribution in [2.75, 3.05) is 18.5 Å². The minimum atomic E-state index is -0.643. The van der Waals surface area contributed by atoms with Gasteiger partial charge in [0.05, 0.1) is 12.2 Å². The summed E-state index contributed by atoms with van der Waals surface area (Å²) in [5.41, 5.74) is 1.86. The number of nitrogens with one attached hydrogen (secondary N) is 1. The second kappa shape index (κ2) is 10.0. The van der Waals surface area contributed by atoms with Crippen LogP contribution in [0.1, 0.15) is 33.2 Å². The van der Waals surface area contributed by atoms with E-state index in [4.69, 9.17) is 9.47 Å². The highest BCUT2D eigenvalue weighted by Gasteiger charge is 2.13. The van der Waals surface area contributed by atoms with Gasteiger partial charge >= 0.3 is 5.97 Å². The maximum absolute atomic E-state index is 12.4. The Morgan fingerprint density at radius 3 is 2.00 bits per heavy atom. The minimum Gasteiger partial charge on any atom is -0.494 e. The molecule has 0 bridgehead atoms. The SMILES string of the molecule is CCOc1ccc(NC(=O)COC(=O)c2ccc(C(=O)c3ccccc3)cc2)cc1. The average Bonchev–Trinajstić information content (AvgIpc) is 2.79. The second-order valence-electron chi connectivity index (χ2n) is 6.35. The molecule has 0 aliphatic carbocycles. The van der Waals surface area contributed by atoms with Crippen molar-refractivity contribution in [3.05, 3.63) is 95.6 Å². The molecular weight excluding hydrogens is 382 g/mol. The summed E-state index contributed by atoms with van der Waals surface area (Å²) in [4.78, 5) is 36.6. The summed E-state index contributed by atoms with van der Waals surface area (Å²) in [6, 6.07) is 21.9. The van der Waals surface area contributed by atoms with Gasteiger partial charge in [-0.15, -0.1) is 0 Å². The van der Waals surface area contributed by atoms with Crippen molar-refractivity contribution in [3.63, 3.8) is 0 Å². The van der Waals surface area contributed by atoms with Crippen LogP contribution in [0.25, 0.3) is 0 Å². The maximum atomic E-state index is 12.4. The van der Waals surface area contributed by atoms with E-state index < -0.39 is 18.5 Å². The number of hydrogen-bond donors (Lipinski definition) is 1. The zero-order chi connectivity index (χ0) is 21.3. The second-order valence-corrected chi connectivity index (χ2v) is 6.35. The summed E-state index contributed by atoms with van der Waals surface area (Å²) in [7, 11) is 0. The van der Waals surface area contributed by atoms with Gasteiger partial charge in [-0.2, -0.15) is 0 Å². The molecule has 0 saturated carbocycles. The normalized spacial score (nSPS) is 10.2. The Morgan fingerprint density at radius 2 is 1.37 bits per heavy atom. The minimum absolute atomic E-state index is 0.134. The predicted octanol–water partition coefficient (Wildman–Crippen LogP) is 4.11. The van der Waals surface area contributed by atoms with Crippen molar-refractivity contribution < 1.29 is 23.9 Å². The Labute approximate surface area is 174 Å². The first kappa shape index (κ1) is 20.8. The summed E-state index contributed by atoms with van der Waals surface area (Å²) in [6.07, 6.45) is 0. The first-order valence-corrected chi connectivity index (χ1v) is 9.46. The first-order valence-electron chi connectivity index (χ1n) is 9.46. The van der Waals surface area contributed by atoms with Gasteiger partial charge < -0.3 is 14.8 Å². The fraction of sp³-hybridized carbons (Fsp3) is 0.125. The smallest absolute Gasteiger partial charge is 0.338 e. The van der Waals surface area contributed by atoms with Crippen LogP contribution in [0.4, 0.5) is 5.69 Å². The molecule has 30 heavy (non-hydrogen) atoms. The number of amides is 1. The Kier molecular flexibility index (Phi) is 6.95. The van der Waals surface area contributed by atoms with Crippen LogP contribution in [0.3, 0.4) is 0 Å². The molecule has 3 rings (SSSR count). The number of benzene rings is 3. The van der Waals surface area contributed by atoms with Gasteiger partial charge in [-0.3, -0.25) is 9.59 Å². The molecule has 0 heterocycles.